The quantitative estimate of drug-likeness (QED) is 0.827. The van der Waals surface area contributed by atoms with Crippen LogP contribution >= 0.6 is 0 Å². The highest BCUT2D eigenvalue weighted by molar-refractivity contribution is 5.89. The number of carbonyl (C=O) groups excluding carboxylic acids is 1. The van der Waals surface area contributed by atoms with Crippen molar-refractivity contribution in [1.29, 1.82) is 5.26 Å². The predicted molar refractivity (Wildman–Crippen MR) is 69.3 cm³/mol. The van der Waals surface area contributed by atoms with Gasteiger partial charge in [0.05, 0.1) is 24.2 Å². The average Bonchev–Trinajstić information content (AvgIpc) is 2.48. The lowest BCUT2D eigenvalue weighted by Crippen LogP contribution is -2.31. The average molecular weight is 257 g/mol. The molecule has 1 aliphatic rings. The largest absolute Gasteiger partial charge is 0.512 e. The van der Waals surface area contributed by atoms with Crippen LogP contribution in [0.15, 0.2) is 41.7 Å². The van der Waals surface area contributed by atoms with Gasteiger partial charge in [0.2, 0.25) is 0 Å². The monoisotopic (exact) mass is 257 g/mol. The fourth-order valence-electron chi connectivity index (χ4n) is 2.45. The number of carbonyl (C=O) groups is 1. The van der Waals surface area contributed by atoms with Crippen LogP contribution in [0.5, 0.6) is 0 Å². The fraction of sp³-hybridized carbons (Fsp3) is 0.333. The summed E-state index contributed by atoms with van der Waals surface area (Å²) >= 11 is 0. The van der Waals surface area contributed by atoms with E-state index in [1.807, 2.05) is 30.3 Å². The number of rotatable bonds is 2. The molecule has 4 nitrogen and oxygen atoms in total. The number of methoxy groups -OCH3 is 1. The van der Waals surface area contributed by atoms with Crippen molar-refractivity contribution in [2.75, 3.05) is 7.11 Å². The lowest BCUT2D eigenvalue weighted by Gasteiger charge is -2.31. The van der Waals surface area contributed by atoms with Crippen molar-refractivity contribution in [3.05, 3.63) is 47.2 Å². The Bertz CT molecular complexity index is 557. The zero-order valence-electron chi connectivity index (χ0n) is 10.7. The molecule has 0 saturated heterocycles. The maximum atomic E-state index is 11.7. The van der Waals surface area contributed by atoms with Crippen molar-refractivity contribution in [1.82, 2.24) is 0 Å². The van der Waals surface area contributed by atoms with Gasteiger partial charge in [-0.25, -0.2) is 4.79 Å². The van der Waals surface area contributed by atoms with Gasteiger partial charge in [-0.05, 0) is 12.0 Å². The second-order valence-corrected chi connectivity index (χ2v) is 4.65. The molecule has 1 aromatic rings. The van der Waals surface area contributed by atoms with Gasteiger partial charge < -0.3 is 9.84 Å². The van der Waals surface area contributed by atoms with Gasteiger partial charge in [-0.1, -0.05) is 30.3 Å². The summed E-state index contributed by atoms with van der Waals surface area (Å²) in [5.74, 6) is -0.526. The molecule has 0 bridgehead atoms. The number of aliphatic hydroxyl groups is 1. The molecule has 0 unspecified atom stereocenters. The first kappa shape index (κ1) is 13.2. The summed E-state index contributed by atoms with van der Waals surface area (Å²) in [7, 11) is 1.27. The Balaban J connectivity index is 2.42. The van der Waals surface area contributed by atoms with Gasteiger partial charge in [-0.15, -0.1) is 0 Å². The van der Waals surface area contributed by atoms with Crippen LogP contribution in [0.3, 0.4) is 0 Å². The molecule has 1 aliphatic carbocycles. The van der Waals surface area contributed by atoms with E-state index < -0.39 is 11.4 Å². The van der Waals surface area contributed by atoms with E-state index >= 15 is 0 Å². The highest BCUT2D eigenvalue weighted by Crippen LogP contribution is 2.41. The molecule has 0 amide bonds. The van der Waals surface area contributed by atoms with Crippen LogP contribution in [-0.4, -0.2) is 18.2 Å². The summed E-state index contributed by atoms with van der Waals surface area (Å²) in [5, 5.41) is 19.4. The molecule has 98 valence electrons. The number of nitrogens with zero attached hydrogens (tertiary/aromatic N) is 1. The van der Waals surface area contributed by atoms with Gasteiger partial charge in [-0.3, -0.25) is 0 Å². The molecule has 0 spiro atoms. The number of benzene rings is 1. The van der Waals surface area contributed by atoms with Crippen molar-refractivity contribution in [2.45, 2.75) is 24.7 Å². The Kier molecular flexibility index (Phi) is 3.57. The minimum atomic E-state index is -0.767. The molecule has 1 N–H and O–H groups in total. The standard InChI is InChI=1S/C15H15NO3/c1-19-14(18)12-9-15(10-16,8-7-13(12)17)11-5-3-2-4-6-11/h2-6,17H,7-9H2,1H3/t15-/m1/s1. The van der Waals surface area contributed by atoms with Gasteiger partial charge in [-0.2, -0.15) is 5.26 Å². The summed E-state index contributed by atoms with van der Waals surface area (Å²) in [4.78, 5) is 11.7. The first-order valence-corrected chi connectivity index (χ1v) is 6.09. The molecule has 0 fully saturated rings. The number of hydrogen-bond acceptors (Lipinski definition) is 4. The van der Waals surface area contributed by atoms with Crippen LogP contribution in [-0.2, 0) is 14.9 Å². The van der Waals surface area contributed by atoms with Crippen molar-refractivity contribution in [3.8, 4) is 6.07 Å². The number of hydrogen-bond donors (Lipinski definition) is 1. The number of aliphatic hydroxyl groups excluding tert-OH is 1. The fourth-order valence-corrected chi connectivity index (χ4v) is 2.45. The normalized spacial score (nSPS) is 22.7. The number of allylic oxidation sites excluding steroid dienone is 1. The zero-order valence-corrected chi connectivity index (χ0v) is 10.7. The van der Waals surface area contributed by atoms with Crippen molar-refractivity contribution in [2.24, 2.45) is 0 Å². The Morgan fingerprint density at radius 2 is 2.11 bits per heavy atom. The number of ether oxygens (including phenoxy) is 1. The Morgan fingerprint density at radius 1 is 1.42 bits per heavy atom. The molecule has 4 heteroatoms. The van der Waals surface area contributed by atoms with Gasteiger partial charge in [0.1, 0.15) is 5.76 Å². The third kappa shape index (κ3) is 2.32. The first-order valence-electron chi connectivity index (χ1n) is 6.09. The second kappa shape index (κ2) is 5.15. The Morgan fingerprint density at radius 3 is 2.68 bits per heavy atom. The lowest BCUT2D eigenvalue weighted by molar-refractivity contribution is -0.136. The van der Waals surface area contributed by atoms with E-state index in [1.165, 1.54) is 7.11 Å². The maximum absolute atomic E-state index is 11.7. The van der Waals surface area contributed by atoms with Crippen LogP contribution in [0.2, 0.25) is 0 Å². The Labute approximate surface area is 111 Å². The van der Waals surface area contributed by atoms with E-state index in [0.717, 1.165) is 5.56 Å². The summed E-state index contributed by atoms with van der Waals surface area (Å²) in [6.07, 6.45) is 0.999. The van der Waals surface area contributed by atoms with Gasteiger partial charge in [0, 0.05) is 12.8 Å². The molecule has 0 radical (unpaired) electrons. The SMILES string of the molecule is COC(=O)C1=C(O)CC[C@@](C#N)(c2ccccc2)C1. The zero-order chi connectivity index (χ0) is 13.9. The number of esters is 1. The van der Waals surface area contributed by atoms with Crippen LogP contribution in [0.1, 0.15) is 24.8 Å². The van der Waals surface area contributed by atoms with Gasteiger partial charge >= 0.3 is 5.97 Å². The van der Waals surface area contributed by atoms with E-state index in [4.69, 9.17) is 0 Å². The highest BCUT2D eigenvalue weighted by Gasteiger charge is 2.40. The molecule has 1 atom stereocenters. The molecule has 19 heavy (non-hydrogen) atoms. The van der Waals surface area contributed by atoms with Gasteiger partial charge in [0.25, 0.3) is 0 Å². The third-order valence-corrected chi connectivity index (χ3v) is 3.59. The van der Waals surface area contributed by atoms with Crippen LogP contribution < -0.4 is 0 Å². The predicted octanol–water partition coefficient (Wildman–Crippen LogP) is 2.62. The minimum absolute atomic E-state index is 0.0358. The Hall–Kier alpha value is -2.28. The summed E-state index contributed by atoms with van der Waals surface area (Å²) < 4.78 is 4.67. The summed E-state index contributed by atoms with van der Waals surface area (Å²) in [6, 6.07) is 11.7. The summed E-state index contributed by atoms with van der Waals surface area (Å²) in [6.45, 7) is 0. The number of nitriles is 1. The van der Waals surface area contributed by atoms with E-state index in [1.54, 1.807) is 0 Å². The van der Waals surface area contributed by atoms with Crippen LogP contribution in [0.25, 0.3) is 0 Å². The van der Waals surface area contributed by atoms with E-state index in [-0.39, 0.29) is 17.8 Å². The lowest BCUT2D eigenvalue weighted by atomic mass is 9.70. The second-order valence-electron chi connectivity index (χ2n) is 4.65. The van der Waals surface area contributed by atoms with Crippen LogP contribution in [0, 0.1) is 11.3 Å². The smallest absolute Gasteiger partial charge is 0.337 e. The molecule has 0 aliphatic heterocycles. The van der Waals surface area contributed by atoms with E-state index in [2.05, 4.69) is 10.8 Å². The van der Waals surface area contributed by atoms with Crippen molar-refractivity contribution in [3.63, 3.8) is 0 Å². The first-order chi connectivity index (χ1) is 9.13. The molecule has 0 heterocycles. The molecular formula is C15H15NO3. The highest BCUT2D eigenvalue weighted by atomic mass is 16.5. The third-order valence-electron chi connectivity index (χ3n) is 3.59. The van der Waals surface area contributed by atoms with Gasteiger partial charge in [0.15, 0.2) is 0 Å². The molecule has 0 saturated carbocycles. The van der Waals surface area contributed by atoms with E-state index in [0.29, 0.717) is 12.8 Å². The maximum Gasteiger partial charge on any atom is 0.337 e. The van der Waals surface area contributed by atoms with Crippen molar-refractivity contribution < 1.29 is 14.6 Å². The topological polar surface area (TPSA) is 70.3 Å². The van der Waals surface area contributed by atoms with Crippen molar-refractivity contribution >= 4 is 5.97 Å². The molecular weight excluding hydrogens is 242 g/mol. The minimum Gasteiger partial charge on any atom is -0.512 e. The molecule has 2 rings (SSSR count). The molecule has 0 aromatic heterocycles. The molecule has 1 aromatic carbocycles. The van der Waals surface area contributed by atoms with E-state index in [9.17, 15) is 15.2 Å². The summed E-state index contributed by atoms with van der Waals surface area (Å²) in [5.41, 5.74) is 0.308. The van der Waals surface area contributed by atoms with Crippen LogP contribution in [0.4, 0.5) is 0 Å².